The van der Waals surface area contributed by atoms with E-state index in [1.807, 2.05) is 13.0 Å². The molecule has 9 rings (SSSR count). The maximum atomic E-state index is 14.0. The smallest absolute Gasteiger partial charge is 0.303 e. The van der Waals surface area contributed by atoms with Gasteiger partial charge < -0.3 is 56.5 Å². The number of allylic oxidation sites excluding steroid dienone is 4. The number of rotatable bonds is 19. The van der Waals surface area contributed by atoms with Gasteiger partial charge in [0.05, 0.1) is 24.3 Å². The fourth-order valence-electron chi connectivity index (χ4n) is 13.1. The normalized spacial score (nSPS) is 36.3. The van der Waals surface area contributed by atoms with Gasteiger partial charge in [-0.05, 0) is 94.0 Å². The van der Waals surface area contributed by atoms with Crippen molar-refractivity contribution < 1.29 is 63.1 Å². The summed E-state index contributed by atoms with van der Waals surface area (Å²) in [6.45, 7) is 4.57. The van der Waals surface area contributed by atoms with E-state index in [4.69, 9.17) is 19.9 Å². The summed E-state index contributed by atoms with van der Waals surface area (Å²) < 4.78 is 19.8. The van der Waals surface area contributed by atoms with Gasteiger partial charge in [-0.2, -0.15) is 0 Å². The summed E-state index contributed by atoms with van der Waals surface area (Å²) in [6, 6.07) is 5.13. The number of aliphatic hydroxyl groups excluding tert-OH is 2. The standard InChI is InChI=1S/C48H63N5O13/c1-26(55)51-33(6-4-5-17-49)41(62)50-21-38(59)52-34(13-14-39(60)61)42(63)53-46-23-47(24-46,25-46)65-30-10-7-27(8-11-30)43-64-37-19-32-31-12-9-28-18-29(56)15-16-44(28,2)40(31)35(57)20-45(32,3)48(37,66-43)36(58)22-54/h7-8,10-11,15-16,18,31-35,37,40,43,54,57H,4-6,9,12-14,17,19-25,49H2,1-3H3,(H,50,62)(H,51,55)(H,52,59)(H,53,63)(H,60,61)/t31-,32-,33-,34-,35-,37+,40+,43+,44-,45-,46?,47?,48+/m0/s1. The third-order valence-corrected chi connectivity index (χ3v) is 16.0. The molecule has 18 nitrogen and oxygen atoms in total. The Labute approximate surface area is 383 Å². The van der Waals surface area contributed by atoms with Crippen molar-refractivity contribution in [3.05, 3.63) is 53.6 Å². The molecule has 1 saturated heterocycles. The van der Waals surface area contributed by atoms with Crippen LogP contribution in [0.5, 0.6) is 5.75 Å². The van der Waals surface area contributed by atoms with Crippen molar-refractivity contribution in [3.63, 3.8) is 0 Å². The molecule has 0 unspecified atom stereocenters. The molecule has 66 heavy (non-hydrogen) atoms. The Kier molecular flexibility index (Phi) is 12.9. The van der Waals surface area contributed by atoms with Crippen LogP contribution in [0.3, 0.4) is 0 Å². The molecule has 18 heteroatoms. The zero-order chi connectivity index (χ0) is 47.4. The Morgan fingerprint density at radius 2 is 1.70 bits per heavy atom. The van der Waals surface area contributed by atoms with Gasteiger partial charge in [0, 0.05) is 54.9 Å². The number of carbonyl (C=O) groups is 7. The molecule has 1 aliphatic heterocycles. The molecule has 0 radical (unpaired) electrons. The van der Waals surface area contributed by atoms with Crippen molar-refractivity contribution in [1.82, 2.24) is 21.3 Å². The average molecular weight is 918 g/mol. The number of nitrogens with two attached hydrogens (primary N) is 1. The number of hydrogen-bond donors (Lipinski definition) is 8. The minimum Gasteiger partial charge on any atom is -0.487 e. The van der Waals surface area contributed by atoms with Crippen LogP contribution in [0.25, 0.3) is 0 Å². The third kappa shape index (κ3) is 8.37. The van der Waals surface area contributed by atoms with Gasteiger partial charge in [-0.1, -0.05) is 37.6 Å². The summed E-state index contributed by atoms with van der Waals surface area (Å²) in [5, 5.41) is 42.2. The highest BCUT2D eigenvalue weighted by atomic mass is 16.7. The molecular weight excluding hydrogens is 855 g/mol. The molecule has 9 N–H and O–H groups in total. The highest BCUT2D eigenvalue weighted by Crippen LogP contribution is 2.70. The predicted molar refractivity (Wildman–Crippen MR) is 234 cm³/mol. The maximum absolute atomic E-state index is 14.0. The molecule has 6 saturated carbocycles. The van der Waals surface area contributed by atoms with Crippen molar-refractivity contribution in [2.45, 2.75) is 145 Å². The molecule has 4 amide bonds. The molecule has 0 spiro atoms. The highest BCUT2D eigenvalue weighted by molar-refractivity contribution is 6.01. The molecular formula is C48H63N5O13. The van der Waals surface area contributed by atoms with Crippen LogP contribution in [0.2, 0.25) is 0 Å². The molecule has 2 bridgehead atoms. The fourth-order valence-corrected chi connectivity index (χ4v) is 13.1. The number of fused-ring (bicyclic) bond motifs is 7. The SMILES string of the molecule is CC(=O)N[C@@H](CCCCN)C(=O)NCC(=O)N[C@@H](CCC(=O)O)C(=O)NC12CC(Oc3ccc([C@@H]4O[C@@H]5C[C@H]6[C@@H]7CCC8=CC(=O)C=C[C@]8(C)[C@H]7[C@@H](O)C[C@]6(C)[C@]5(C(=O)CO)O4)cc3)(C1)C2. The van der Waals surface area contributed by atoms with Gasteiger partial charge in [0.2, 0.25) is 23.6 Å². The van der Waals surface area contributed by atoms with E-state index >= 15 is 0 Å². The van der Waals surface area contributed by atoms with Crippen molar-refractivity contribution in [3.8, 4) is 5.75 Å². The number of aliphatic carboxylic acids is 1. The Hall–Kier alpha value is -5.01. The van der Waals surface area contributed by atoms with E-state index in [2.05, 4.69) is 28.2 Å². The van der Waals surface area contributed by atoms with Crippen LogP contribution in [0.4, 0.5) is 0 Å². The number of Topliss-reactive ketones (excluding diaryl/α,β-unsaturated/α-hetero) is 1. The van der Waals surface area contributed by atoms with Gasteiger partial charge in [-0.3, -0.25) is 33.6 Å². The van der Waals surface area contributed by atoms with Crippen LogP contribution in [0.1, 0.15) is 110 Å². The molecule has 1 aromatic carbocycles. The lowest BCUT2D eigenvalue weighted by Gasteiger charge is -2.69. The van der Waals surface area contributed by atoms with Crippen molar-refractivity contribution >= 4 is 41.2 Å². The van der Waals surface area contributed by atoms with E-state index in [1.165, 1.54) is 6.92 Å². The first-order chi connectivity index (χ1) is 31.3. The lowest BCUT2D eigenvalue weighted by atomic mass is 9.46. The third-order valence-electron chi connectivity index (χ3n) is 16.0. The summed E-state index contributed by atoms with van der Waals surface area (Å²) in [5.74, 6) is -3.45. The minimum atomic E-state index is -1.48. The first-order valence-electron chi connectivity index (χ1n) is 23.3. The van der Waals surface area contributed by atoms with Gasteiger partial charge in [0.1, 0.15) is 30.0 Å². The quantitative estimate of drug-likeness (QED) is 0.0916. The van der Waals surface area contributed by atoms with Crippen molar-refractivity contribution in [2.75, 3.05) is 19.7 Å². The Bertz CT molecular complexity index is 2190. The Morgan fingerprint density at radius 3 is 2.36 bits per heavy atom. The van der Waals surface area contributed by atoms with E-state index in [0.717, 1.165) is 12.0 Å². The fraction of sp³-hybridized carbons (Fsp3) is 0.646. The first kappa shape index (κ1) is 47.5. The lowest BCUT2D eigenvalue weighted by Crippen LogP contribution is -2.81. The summed E-state index contributed by atoms with van der Waals surface area (Å²) in [4.78, 5) is 88.4. The predicted octanol–water partition coefficient (Wildman–Crippen LogP) is 1.56. The van der Waals surface area contributed by atoms with Crippen LogP contribution in [0.15, 0.2) is 48.1 Å². The van der Waals surface area contributed by atoms with Gasteiger partial charge >= 0.3 is 5.97 Å². The van der Waals surface area contributed by atoms with Gasteiger partial charge in [0.15, 0.2) is 23.5 Å². The van der Waals surface area contributed by atoms with Crippen molar-refractivity contribution in [2.24, 2.45) is 34.3 Å². The Morgan fingerprint density at radius 1 is 0.985 bits per heavy atom. The largest absolute Gasteiger partial charge is 0.487 e. The van der Waals surface area contributed by atoms with Crippen LogP contribution in [-0.2, 0) is 43.0 Å². The second-order valence-corrected chi connectivity index (χ2v) is 20.3. The first-order valence-corrected chi connectivity index (χ1v) is 23.3. The number of carboxylic acid groups (broad SMARTS) is 1. The van der Waals surface area contributed by atoms with Crippen LogP contribution >= 0.6 is 0 Å². The van der Waals surface area contributed by atoms with Crippen LogP contribution in [0, 0.1) is 28.6 Å². The maximum Gasteiger partial charge on any atom is 0.303 e. The van der Waals surface area contributed by atoms with E-state index in [-0.39, 0.29) is 42.8 Å². The van der Waals surface area contributed by atoms with E-state index in [9.17, 15) is 48.9 Å². The number of carboxylic acids is 1. The van der Waals surface area contributed by atoms with Gasteiger partial charge in [-0.25, -0.2) is 0 Å². The number of carbonyl (C=O) groups excluding carboxylic acids is 6. The van der Waals surface area contributed by atoms with Crippen LogP contribution in [-0.4, -0.2) is 117 Å². The number of amides is 4. The molecule has 7 fully saturated rings. The zero-order valence-corrected chi connectivity index (χ0v) is 37.8. The second-order valence-electron chi connectivity index (χ2n) is 20.3. The van der Waals surface area contributed by atoms with Crippen molar-refractivity contribution in [1.29, 1.82) is 0 Å². The van der Waals surface area contributed by atoms with E-state index in [0.29, 0.717) is 69.2 Å². The van der Waals surface area contributed by atoms with Gasteiger partial charge in [-0.15, -0.1) is 0 Å². The topological polar surface area (TPSA) is 282 Å². The summed E-state index contributed by atoms with van der Waals surface area (Å²) in [5.41, 5.74) is 3.30. The molecule has 1 heterocycles. The summed E-state index contributed by atoms with van der Waals surface area (Å²) in [7, 11) is 0. The average Bonchev–Trinajstić information content (AvgIpc) is 3.75. The number of aliphatic hydroxyl groups is 2. The molecule has 0 aromatic heterocycles. The number of ketones is 2. The molecule has 1 aromatic rings. The zero-order valence-electron chi connectivity index (χ0n) is 37.8. The van der Waals surface area contributed by atoms with E-state index in [1.54, 1.807) is 36.4 Å². The number of benzene rings is 1. The minimum absolute atomic E-state index is 0.0320. The summed E-state index contributed by atoms with van der Waals surface area (Å²) in [6.07, 6.45) is 7.62. The molecule has 7 aliphatic carbocycles. The van der Waals surface area contributed by atoms with Crippen LogP contribution < -0.4 is 31.7 Å². The number of nitrogens with one attached hydrogen (secondary N) is 4. The van der Waals surface area contributed by atoms with Gasteiger partial charge in [0.25, 0.3) is 0 Å². The molecule has 8 aliphatic rings. The second kappa shape index (κ2) is 17.9. The number of hydrogen-bond acceptors (Lipinski definition) is 13. The number of ether oxygens (including phenoxy) is 3. The Balaban J connectivity index is 0.860. The molecule has 11 atom stereocenters. The number of unbranched alkanes of at least 4 members (excludes halogenated alkanes) is 1. The molecule has 358 valence electrons. The summed E-state index contributed by atoms with van der Waals surface area (Å²) >= 11 is 0. The lowest BCUT2D eigenvalue weighted by molar-refractivity contribution is -0.204. The van der Waals surface area contributed by atoms with E-state index < -0.39 is 107 Å². The highest BCUT2D eigenvalue weighted by Gasteiger charge is 2.76. The monoisotopic (exact) mass is 917 g/mol.